The van der Waals surface area contributed by atoms with Gasteiger partial charge in [0.2, 0.25) is 5.91 Å². The Labute approximate surface area is 104 Å². The Balaban J connectivity index is 1.81. The molecular weight excluding hydrogens is 216 g/mol. The van der Waals surface area contributed by atoms with Gasteiger partial charge in [0.15, 0.2) is 0 Å². The molecule has 0 aliphatic carbocycles. The van der Waals surface area contributed by atoms with E-state index >= 15 is 0 Å². The highest BCUT2D eigenvalue weighted by Crippen LogP contribution is 2.28. The Hall–Kier alpha value is -0.610. The lowest BCUT2D eigenvalue weighted by Gasteiger charge is -2.28. The zero-order chi connectivity index (χ0) is 12.1. The van der Waals surface area contributed by atoms with E-state index < -0.39 is 0 Å². The lowest BCUT2D eigenvalue weighted by atomic mass is 10.1. The normalized spacial score (nSPS) is 28.2. The smallest absolute Gasteiger partial charge is 0.223 e. The van der Waals surface area contributed by atoms with Gasteiger partial charge in [-0.2, -0.15) is 0 Å². The van der Waals surface area contributed by atoms with Crippen LogP contribution in [0.5, 0.6) is 0 Å². The summed E-state index contributed by atoms with van der Waals surface area (Å²) in [6.07, 6.45) is 5.00. The van der Waals surface area contributed by atoms with Crippen molar-refractivity contribution in [2.45, 2.75) is 51.1 Å². The maximum atomic E-state index is 12.2. The van der Waals surface area contributed by atoms with Crippen molar-refractivity contribution in [2.75, 3.05) is 26.3 Å². The molecule has 2 unspecified atom stereocenters. The average Bonchev–Trinajstić information content (AvgIpc) is 2.58. The molecule has 0 aromatic carbocycles. The second-order valence-corrected chi connectivity index (χ2v) is 4.98. The van der Waals surface area contributed by atoms with Crippen molar-refractivity contribution in [2.24, 2.45) is 0 Å². The summed E-state index contributed by atoms with van der Waals surface area (Å²) in [6, 6.07) is 0.941. The summed E-state index contributed by atoms with van der Waals surface area (Å²) in [5.74, 6) is 0.334. The zero-order valence-corrected chi connectivity index (χ0v) is 10.8. The molecular formula is C13H24N2O2. The second kappa shape index (κ2) is 6.36. The van der Waals surface area contributed by atoms with Gasteiger partial charge in [0, 0.05) is 38.3 Å². The first-order valence-electron chi connectivity index (χ1n) is 6.92. The topological polar surface area (TPSA) is 41.6 Å². The van der Waals surface area contributed by atoms with Gasteiger partial charge in [-0.3, -0.25) is 4.79 Å². The molecule has 0 spiro atoms. The van der Waals surface area contributed by atoms with Gasteiger partial charge in [0.05, 0.1) is 0 Å². The SMILES string of the molecule is CCOCCCC(=O)N1C2CCNCC1CC2. The predicted molar refractivity (Wildman–Crippen MR) is 66.9 cm³/mol. The number of carbonyl (C=O) groups excluding carboxylic acids is 1. The Bertz CT molecular complexity index is 244. The van der Waals surface area contributed by atoms with E-state index in [-0.39, 0.29) is 0 Å². The van der Waals surface area contributed by atoms with Crippen LogP contribution in [-0.4, -0.2) is 49.2 Å². The van der Waals surface area contributed by atoms with Crippen LogP contribution in [0.15, 0.2) is 0 Å². The fourth-order valence-corrected chi connectivity index (χ4v) is 2.99. The van der Waals surface area contributed by atoms with Gasteiger partial charge in [0.1, 0.15) is 0 Å². The fraction of sp³-hybridized carbons (Fsp3) is 0.923. The maximum Gasteiger partial charge on any atom is 0.223 e. The van der Waals surface area contributed by atoms with Crippen LogP contribution < -0.4 is 5.32 Å². The van der Waals surface area contributed by atoms with Gasteiger partial charge in [-0.1, -0.05) is 0 Å². The molecule has 1 N–H and O–H groups in total. The number of carbonyl (C=O) groups is 1. The third-order valence-corrected chi connectivity index (χ3v) is 3.83. The van der Waals surface area contributed by atoms with Crippen molar-refractivity contribution in [1.82, 2.24) is 10.2 Å². The molecule has 17 heavy (non-hydrogen) atoms. The second-order valence-electron chi connectivity index (χ2n) is 4.98. The average molecular weight is 240 g/mol. The van der Waals surface area contributed by atoms with Crippen molar-refractivity contribution in [3.63, 3.8) is 0 Å². The van der Waals surface area contributed by atoms with E-state index in [2.05, 4.69) is 10.2 Å². The fourth-order valence-electron chi connectivity index (χ4n) is 2.99. The number of fused-ring (bicyclic) bond motifs is 2. The first-order chi connectivity index (χ1) is 8.33. The van der Waals surface area contributed by atoms with Crippen LogP contribution in [0.2, 0.25) is 0 Å². The number of nitrogens with zero attached hydrogens (tertiary/aromatic N) is 1. The number of nitrogens with one attached hydrogen (secondary N) is 1. The number of hydrogen-bond acceptors (Lipinski definition) is 3. The zero-order valence-electron chi connectivity index (χ0n) is 10.8. The Kier molecular flexibility index (Phi) is 4.80. The molecule has 4 nitrogen and oxygen atoms in total. The summed E-state index contributed by atoms with van der Waals surface area (Å²) >= 11 is 0. The molecule has 4 heteroatoms. The summed E-state index contributed by atoms with van der Waals surface area (Å²) in [7, 11) is 0. The molecule has 2 heterocycles. The molecule has 2 atom stereocenters. The number of rotatable bonds is 5. The minimum Gasteiger partial charge on any atom is -0.382 e. The molecule has 0 aromatic rings. The summed E-state index contributed by atoms with van der Waals surface area (Å²) in [5, 5.41) is 3.42. The standard InChI is InChI=1S/C13H24N2O2/c1-2-17-9-3-4-13(16)15-11-5-6-12(15)10-14-8-7-11/h11-12,14H,2-10H2,1H3. The molecule has 2 saturated heterocycles. The van der Waals surface area contributed by atoms with E-state index in [4.69, 9.17) is 4.74 Å². The monoisotopic (exact) mass is 240 g/mol. The van der Waals surface area contributed by atoms with Crippen LogP contribution in [0.4, 0.5) is 0 Å². The highest BCUT2D eigenvalue weighted by Gasteiger charge is 2.37. The van der Waals surface area contributed by atoms with E-state index in [0.29, 0.717) is 31.0 Å². The maximum absolute atomic E-state index is 12.2. The lowest BCUT2D eigenvalue weighted by molar-refractivity contribution is -0.134. The van der Waals surface area contributed by atoms with Gasteiger partial charge >= 0.3 is 0 Å². The van der Waals surface area contributed by atoms with Crippen LogP contribution >= 0.6 is 0 Å². The molecule has 0 aromatic heterocycles. The highest BCUT2D eigenvalue weighted by molar-refractivity contribution is 5.77. The third-order valence-electron chi connectivity index (χ3n) is 3.83. The van der Waals surface area contributed by atoms with Crippen molar-refractivity contribution in [1.29, 1.82) is 0 Å². The third kappa shape index (κ3) is 3.19. The molecule has 2 rings (SSSR count). The largest absolute Gasteiger partial charge is 0.382 e. The van der Waals surface area contributed by atoms with Gasteiger partial charge < -0.3 is 15.0 Å². The number of ether oxygens (including phenoxy) is 1. The van der Waals surface area contributed by atoms with Crippen molar-refractivity contribution in [3.05, 3.63) is 0 Å². The van der Waals surface area contributed by atoms with Crippen molar-refractivity contribution >= 4 is 5.91 Å². The van der Waals surface area contributed by atoms with Crippen LogP contribution in [0.1, 0.15) is 39.0 Å². The first-order valence-corrected chi connectivity index (χ1v) is 6.92. The molecule has 0 saturated carbocycles. The Morgan fingerprint density at radius 3 is 3.00 bits per heavy atom. The summed E-state index contributed by atoms with van der Waals surface area (Å²) < 4.78 is 5.28. The first kappa shape index (κ1) is 12.8. The van der Waals surface area contributed by atoms with Gasteiger partial charge in [-0.15, -0.1) is 0 Å². The van der Waals surface area contributed by atoms with Crippen LogP contribution in [-0.2, 0) is 9.53 Å². The van der Waals surface area contributed by atoms with Crippen LogP contribution in [0, 0.1) is 0 Å². The van der Waals surface area contributed by atoms with E-state index in [1.165, 1.54) is 12.8 Å². The lowest BCUT2D eigenvalue weighted by Crippen LogP contribution is -2.42. The molecule has 2 bridgehead atoms. The van der Waals surface area contributed by atoms with Crippen molar-refractivity contribution < 1.29 is 9.53 Å². The summed E-state index contributed by atoms with van der Waals surface area (Å²) in [5.41, 5.74) is 0. The minimum atomic E-state index is 0.334. The molecule has 2 aliphatic rings. The van der Waals surface area contributed by atoms with Crippen LogP contribution in [0.25, 0.3) is 0 Å². The van der Waals surface area contributed by atoms with E-state index in [1.54, 1.807) is 0 Å². The predicted octanol–water partition coefficient (Wildman–Crippen LogP) is 1.16. The quantitative estimate of drug-likeness (QED) is 0.733. The summed E-state index contributed by atoms with van der Waals surface area (Å²) in [4.78, 5) is 14.4. The minimum absolute atomic E-state index is 0.334. The number of hydrogen-bond donors (Lipinski definition) is 1. The van der Waals surface area contributed by atoms with Gasteiger partial charge in [-0.05, 0) is 39.2 Å². The molecule has 98 valence electrons. The van der Waals surface area contributed by atoms with Gasteiger partial charge in [-0.25, -0.2) is 0 Å². The Morgan fingerprint density at radius 2 is 2.18 bits per heavy atom. The van der Waals surface area contributed by atoms with Crippen LogP contribution in [0.3, 0.4) is 0 Å². The van der Waals surface area contributed by atoms with Gasteiger partial charge in [0.25, 0.3) is 0 Å². The molecule has 1 amide bonds. The molecule has 0 radical (unpaired) electrons. The van der Waals surface area contributed by atoms with E-state index in [9.17, 15) is 4.79 Å². The highest BCUT2D eigenvalue weighted by atomic mass is 16.5. The number of amides is 1. The van der Waals surface area contributed by atoms with Crippen molar-refractivity contribution in [3.8, 4) is 0 Å². The molecule has 2 fully saturated rings. The Morgan fingerprint density at radius 1 is 1.35 bits per heavy atom. The summed E-state index contributed by atoms with van der Waals surface area (Å²) in [6.45, 7) is 5.48. The van der Waals surface area contributed by atoms with E-state index in [0.717, 1.165) is 32.5 Å². The molecule has 2 aliphatic heterocycles. The van der Waals surface area contributed by atoms with E-state index in [1.807, 2.05) is 6.92 Å².